The van der Waals surface area contributed by atoms with Crippen LogP contribution in [0.25, 0.3) is 0 Å². The number of hydrogen-bond acceptors (Lipinski definition) is 2. The third-order valence-corrected chi connectivity index (χ3v) is 5.45. The Kier molecular flexibility index (Phi) is 4.13. The lowest BCUT2D eigenvalue weighted by atomic mass is 9.51. The van der Waals surface area contributed by atoms with Gasteiger partial charge in [0.2, 0.25) is 0 Å². The highest BCUT2D eigenvalue weighted by Crippen LogP contribution is 2.57. The van der Waals surface area contributed by atoms with Crippen LogP contribution in [0.2, 0.25) is 0 Å². The fourth-order valence-electron chi connectivity index (χ4n) is 4.05. The Balaban J connectivity index is 1.66. The molecule has 110 valence electrons. The van der Waals surface area contributed by atoms with E-state index in [4.69, 9.17) is 4.74 Å². The van der Waals surface area contributed by atoms with Gasteiger partial charge < -0.3 is 10.1 Å². The third kappa shape index (κ3) is 2.29. The van der Waals surface area contributed by atoms with Gasteiger partial charge in [0.15, 0.2) is 0 Å². The van der Waals surface area contributed by atoms with Gasteiger partial charge >= 0.3 is 0 Å². The predicted molar refractivity (Wildman–Crippen MR) is 82.7 cm³/mol. The second-order valence-electron chi connectivity index (χ2n) is 6.36. The standard InChI is InChI=1S/C18H27NO/c1-3-15(14-9-6-5-7-10-14)19-16-13-17(20-4-2)18(16)11-8-12-18/h5-7,9-10,15-17,19H,3-4,8,11-13H2,1-2H3. The molecule has 1 spiro atoms. The lowest BCUT2D eigenvalue weighted by Gasteiger charge is -2.61. The van der Waals surface area contributed by atoms with E-state index in [1.54, 1.807) is 0 Å². The molecule has 3 unspecified atom stereocenters. The van der Waals surface area contributed by atoms with Crippen LogP contribution in [0, 0.1) is 5.41 Å². The smallest absolute Gasteiger partial charge is 0.0661 e. The lowest BCUT2D eigenvalue weighted by molar-refractivity contribution is -0.175. The molecule has 0 aromatic heterocycles. The molecule has 0 heterocycles. The molecule has 2 nitrogen and oxygen atoms in total. The highest BCUT2D eigenvalue weighted by molar-refractivity contribution is 5.21. The Morgan fingerprint density at radius 1 is 1.25 bits per heavy atom. The van der Waals surface area contributed by atoms with Crippen LogP contribution in [0.3, 0.4) is 0 Å². The molecule has 2 heteroatoms. The Hall–Kier alpha value is -0.860. The summed E-state index contributed by atoms with van der Waals surface area (Å²) in [6.45, 7) is 5.25. The number of nitrogens with one attached hydrogen (secondary N) is 1. The summed E-state index contributed by atoms with van der Waals surface area (Å²) >= 11 is 0. The van der Waals surface area contributed by atoms with Gasteiger partial charge in [0.1, 0.15) is 0 Å². The average molecular weight is 273 g/mol. The zero-order chi connectivity index (χ0) is 14.0. The quantitative estimate of drug-likeness (QED) is 0.843. The van der Waals surface area contributed by atoms with E-state index in [1.165, 1.54) is 31.2 Å². The van der Waals surface area contributed by atoms with Gasteiger partial charge in [-0.15, -0.1) is 0 Å². The number of ether oxygens (including phenoxy) is 1. The van der Waals surface area contributed by atoms with Gasteiger partial charge in [-0.1, -0.05) is 43.7 Å². The van der Waals surface area contributed by atoms with Crippen molar-refractivity contribution in [1.82, 2.24) is 5.32 Å². The molecule has 1 N–H and O–H groups in total. The van der Waals surface area contributed by atoms with Crippen LogP contribution in [0.5, 0.6) is 0 Å². The van der Waals surface area contributed by atoms with Crippen LogP contribution in [0.1, 0.15) is 57.6 Å². The first-order chi connectivity index (χ1) is 9.80. The highest BCUT2D eigenvalue weighted by atomic mass is 16.5. The Labute approximate surface area is 122 Å². The van der Waals surface area contributed by atoms with Crippen molar-refractivity contribution in [2.24, 2.45) is 5.41 Å². The second kappa shape index (κ2) is 5.87. The van der Waals surface area contributed by atoms with E-state index in [-0.39, 0.29) is 0 Å². The van der Waals surface area contributed by atoms with Crippen molar-refractivity contribution in [3.05, 3.63) is 35.9 Å². The number of hydrogen-bond donors (Lipinski definition) is 1. The van der Waals surface area contributed by atoms with Gasteiger partial charge in [0, 0.05) is 24.1 Å². The van der Waals surface area contributed by atoms with Crippen molar-refractivity contribution < 1.29 is 4.74 Å². The Bertz CT molecular complexity index is 426. The minimum absolute atomic E-state index is 0.457. The van der Waals surface area contributed by atoms with E-state index >= 15 is 0 Å². The zero-order valence-corrected chi connectivity index (χ0v) is 12.8. The summed E-state index contributed by atoms with van der Waals surface area (Å²) in [5, 5.41) is 3.92. The van der Waals surface area contributed by atoms with E-state index in [0.29, 0.717) is 23.6 Å². The molecule has 0 amide bonds. The molecule has 1 aromatic carbocycles. The predicted octanol–water partition coefficient (Wildman–Crippen LogP) is 4.08. The van der Waals surface area contributed by atoms with Crippen LogP contribution in [-0.4, -0.2) is 18.8 Å². The van der Waals surface area contributed by atoms with E-state index < -0.39 is 0 Å². The molecule has 2 aliphatic carbocycles. The summed E-state index contributed by atoms with van der Waals surface area (Å²) in [5.74, 6) is 0. The number of benzene rings is 1. The molecule has 0 bridgehead atoms. The maximum atomic E-state index is 5.95. The van der Waals surface area contributed by atoms with E-state index in [2.05, 4.69) is 49.5 Å². The molecule has 0 radical (unpaired) electrons. The largest absolute Gasteiger partial charge is 0.378 e. The number of rotatable bonds is 6. The third-order valence-electron chi connectivity index (χ3n) is 5.45. The monoisotopic (exact) mass is 273 g/mol. The Morgan fingerprint density at radius 3 is 2.55 bits per heavy atom. The molecule has 2 aliphatic rings. The minimum Gasteiger partial charge on any atom is -0.378 e. The first-order valence-corrected chi connectivity index (χ1v) is 8.22. The normalized spacial score (nSPS) is 28.7. The van der Waals surface area contributed by atoms with Crippen LogP contribution in [0.4, 0.5) is 0 Å². The van der Waals surface area contributed by atoms with Crippen molar-refractivity contribution in [3.8, 4) is 0 Å². The Morgan fingerprint density at radius 2 is 2.00 bits per heavy atom. The first-order valence-electron chi connectivity index (χ1n) is 8.22. The topological polar surface area (TPSA) is 21.3 Å². The molecular weight excluding hydrogens is 246 g/mol. The van der Waals surface area contributed by atoms with Crippen LogP contribution < -0.4 is 5.32 Å². The molecule has 0 saturated heterocycles. The molecule has 2 saturated carbocycles. The van der Waals surface area contributed by atoms with Crippen molar-refractivity contribution in [2.75, 3.05) is 6.61 Å². The maximum Gasteiger partial charge on any atom is 0.0661 e. The van der Waals surface area contributed by atoms with Gasteiger partial charge in [-0.2, -0.15) is 0 Å². The van der Waals surface area contributed by atoms with Crippen molar-refractivity contribution in [2.45, 2.75) is 64.1 Å². The van der Waals surface area contributed by atoms with Crippen molar-refractivity contribution in [3.63, 3.8) is 0 Å². The van der Waals surface area contributed by atoms with E-state index in [1.807, 2.05) is 0 Å². The molecule has 1 aromatic rings. The summed E-state index contributed by atoms with van der Waals surface area (Å²) in [6.07, 6.45) is 6.92. The summed E-state index contributed by atoms with van der Waals surface area (Å²) in [7, 11) is 0. The van der Waals surface area contributed by atoms with E-state index in [9.17, 15) is 0 Å². The van der Waals surface area contributed by atoms with Crippen molar-refractivity contribution >= 4 is 0 Å². The zero-order valence-electron chi connectivity index (χ0n) is 12.8. The maximum absolute atomic E-state index is 5.95. The fraction of sp³-hybridized carbons (Fsp3) is 0.667. The van der Waals surface area contributed by atoms with Gasteiger partial charge in [-0.05, 0) is 38.2 Å². The lowest BCUT2D eigenvalue weighted by Crippen LogP contribution is -2.67. The first kappa shape index (κ1) is 14.1. The SMILES string of the molecule is CCOC1CC(NC(CC)c2ccccc2)C12CCC2. The van der Waals surface area contributed by atoms with Crippen LogP contribution >= 0.6 is 0 Å². The molecule has 0 aliphatic heterocycles. The summed E-state index contributed by atoms with van der Waals surface area (Å²) in [4.78, 5) is 0. The van der Waals surface area contributed by atoms with Crippen LogP contribution in [-0.2, 0) is 4.74 Å². The van der Waals surface area contributed by atoms with E-state index in [0.717, 1.165) is 13.0 Å². The molecular formula is C18H27NO. The molecule has 2 fully saturated rings. The van der Waals surface area contributed by atoms with Gasteiger partial charge in [-0.3, -0.25) is 0 Å². The fourth-order valence-corrected chi connectivity index (χ4v) is 4.05. The van der Waals surface area contributed by atoms with Gasteiger partial charge in [0.25, 0.3) is 0 Å². The average Bonchev–Trinajstić information content (AvgIpc) is 2.41. The molecule has 20 heavy (non-hydrogen) atoms. The minimum atomic E-state index is 0.457. The van der Waals surface area contributed by atoms with Gasteiger partial charge in [-0.25, -0.2) is 0 Å². The summed E-state index contributed by atoms with van der Waals surface area (Å²) in [5.41, 5.74) is 1.88. The van der Waals surface area contributed by atoms with Crippen LogP contribution in [0.15, 0.2) is 30.3 Å². The summed E-state index contributed by atoms with van der Waals surface area (Å²) < 4.78 is 5.95. The highest BCUT2D eigenvalue weighted by Gasteiger charge is 2.58. The van der Waals surface area contributed by atoms with Crippen molar-refractivity contribution in [1.29, 1.82) is 0 Å². The van der Waals surface area contributed by atoms with Gasteiger partial charge in [0.05, 0.1) is 6.10 Å². The molecule has 3 atom stereocenters. The molecule has 3 rings (SSSR count). The second-order valence-corrected chi connectivity index (χ2v) is 6.36. The summed E-state index contributed by atoms with van der Waals surface area (Å²) in [6, 6.07) is 12.0.